The fourth-order valence-corrected chi connectivity index (χ4v) is 5.35. The van der Waals surface area contributed by atoms with Gasteiger partial charge in [0, 0.05) is 56.1 Å². The second kappa shape index (κ2) is 9.38. The maximum absolute atomic E-state index is 11.8. The Morgan fingerprint density at radius 2 is 1.97 bits per heavy atom. The quantitative estimate of drug-likeness (QED) is 0.446. The molecule has 7 heteroatoms. The molecule has 0 saturated carbocycles. The molecular weight excluding hydrogens is 440 g/mol. The van der Waals surface area contributed by atoms with E-state index < -0.39 is 5.97 Å². The van der Waals surface area contributed by atoms with Crippen LogP contribution in [0, 0.1) is 5.41 Å². The molecule has 35 heavy (non-hydrogen) atoms. The topological polar surface area (TPSA) is 81.7 Å². The Hall–Kier alpha value is -3.32. The number of rotatable bonds is 6. The minimum atomic E-state index is -1.01. The Balaban J connectivity index is 1.28. The normalized spacial score (nSPS) is 18.8. The number of carboxylic acid groups (broad SMARTS) is 1. The molecule has 5 rings (SSSR count). The maximum Gasteiger partial charge on any atom is 0.339 e. The lowest BCUT2D eigenvalue weighted by atomic mass is 9.74. The zero-order valence-electron chi connectivity index (χ0n) is 20.8. The summed E-state index contributed by atoms with van der Waals surface area (Å²) >= 11 is 0. The molecule has 0 atom stereocenters. The maximum atomic E-state index is 11.8. The Labute approximate surface area is 206 Å². The monoisotopic (exact) mass is 474 g/mol. The van der Waals surface area contributed by atoms with Gasteiger partial charge < -0.3 is 19.7 Å². The van der Waals surface area contributed by atoms with E-state index in [0.717, 1.165) is 49.4 Å². The molecule has 0 spiro atoms. The van der Waals surface area contributed by atoms with Crippen LogP contribution in [0.2, 0.25) is 0 Å². The van der Waals surface area contributed by atoms with Gasteiger partial charge in [0.1, 0.15) is 22.7 Å². The average Bonchev–Trinajstić information content (AvgIpc) is 3.29. The minimum Gasteiger partial charge on any atom is -0.478 e. The van der Waals surface area contributed by atoms with Crippen LogP contribution in [0.5, 0.6) is 11.5 Å². The number of H-pyrrole nitrogens is 1. The third-order valence-electron chi connectivity index (χ3n) is 7.40. The van der Waals surface area contributed by atoms with E-state index >= 15 is 0 Å². The Morgan fingerprint density at radius 3 is 2.71 bits per heavy atom. The van der Waals surface area contributed by atoms with Gasteiger partial charge in [0.15, 0.2) is 0 Å². The van der Waals surface area contributed by atoms with Gasteiger partial charge in [-0.15, -0.1) is 0 Å². The molecular formula is C28H34N4O3. The number of hydrogen-bond donors (Lipinski definition) is 2. The first-order chi connectivity index (χ1) is 16.8. The summed E-state index contributed by atoms with van der Waals surface area (Å²) in [6.45, 7) is 11.9. The molecule has 0 amide bonds. The summed E-state index contributed by atoms with van der Waals surface area (Å²) in [5, 5.41) is 10.6. The first kappa shape index (κ1) is 23.4. The highest BCUT2D eigenvalue weighted by molar-refractivity contribution is 5.92. The zero-order chi connectivity index (χ0) is 24.6. The van der Waals surface area contributed by atoms with E-state index in [0.29, 0.717) is 16.9 Å². The molecule has 2 aliphatic rings. The van der Waals surface area contributed by atoms with Crippen molar-refractivity contribution < 1.29 is 14.6 Å². The standard InChI is InChI=1S/C28H34N4O3/c1-19-16-28(2,3)8-6-21(19)18-31-10-12-32(13-11-31)22-4-5-24(27(33)34)25(15-22)35-23-14-20-7-9-29-26(20)30-17-23/h4-5,7,9,14-15,17H,6,8,10-13,16,18H2,1-3H3,(H,29,30)(H,33,34). The lowest BCUT2D eigenvalue weighted by Crippen LogP contribution is -2.47. The Bertz CT molecular complexity index is 1270. The minimum absolute atomic E-state index is 0.143. The van der Waals surface area contributed by atoms with Crippen LogP contribution < -0.4 is 9.64 Å². The van der Waals surface area contributed by atoms with Gasteiger partial charge in [0.25, 0.3) is 0 Å². The van der Waals surface area contributed by atoms with Crippen LogP contribution in [0.25, 0.3) is 11.0 Å². The number of fused-ring (bicyclic) bond motifs is 1. The van der Waals surface area contributed by atoms with Gasteiger partial charge in [-0.1, -0.05) is 25.0 Å². The van der Waals surface area contributed by atoms with Crippen molar-refractivity contribution in [1.82, 2.24) is 14.9 Å². The lowest BCUT2D eigenvalue weighted by Gasteiger charge is -2.39. The van der Waals surface area contributed by atoms with Gasteiger partial charge in [-0.05, 0) is 55.9 Å². The van der Waals surface area contributed by atoms with Crippen molar-refractivity contribution >= 4 is 22.7 Å². The number of carboxylic acids is 1. The fraction of sp³-hybridized carbons (Fsp3) is 0.429. The number of nitrogens with one attached hydrogen (secondary N) is 1. The highest BCUT2D eigenvalue weighted by Gasteiger charge is 2.27. The molecule has 1 aromatic carbocycles. The number of aromatic carboxylic acids is 1. The number of carbonyl (C=O) groups is 1. The fourth-order valence-electron chi connectivity index (χ4n) is 5.35. The molecule has 2 aromatic heterocycles. The third kappa shape index (κ3) is 5.20. The zero-order valence-corrected chi connectivity index (χ0v) is 20.8. The molecule has 0 radical (unpaired) electrons. The van der Waals surface area contributed by atoms with Gasteiger partial charge in [0.05, 0.1) is 6.20 Å². The van der Waals surface area contributed by atoms with Crippen LogP contribution in [-0.4, -0.2) is 58.7 Å². The van der Waals surface area contributed by atoms with Crippen LogP contribution in [0.1, 0.15) is 50.4 Å². The predicted molar refractivity (Wildman–Crippen MR) is 139 cm³/mol. The summed E-state index contributed by atoms with van der Waals surface area (Å²) in [4.78, 5) is 24.1. The van der Waals surface area contributed by atoms with Crippen LogP contribution in [0.15, 0.2) is 53.9 Å². The molecule has 7 nitrogen and oxygen atoms in total. The summed E-state index contributed by atoms with van der Waals surface area (Å²) in [6.07, 6.45) is 7.11. The van der Waals surface area contributed by atoms with E-state index in [1.54, 1.807) is 23.4 Å². The number of aromatic nitrogens is 2. The number of aromatic amines is 1. The van der Waals surface area contributed by atoms with Gasteiger partial charge in [-0.3, -0.25) is 4.90 Å². The number of piperazine rings is 1. The second-order valence-electron chi connectivity index (χ2n) is 10.7. The van der Waals surface area contributed by atoms with Gasteiger partial charge in [-0.25, -0.2) is 9.78 Å². The van der Waals surface area contributed by atoms with Crippen molar-refractivity contribution in [2.24, 2.45) is 5.41 Å². The Morgan fingerprint density at radius 1 is 1.17 bits per heavy atom. The SMILES string of the molecule is CC1=C(CN2CCN(c3ccc(C(=O)O)c(Oc4cnc5[nH]ccc5c4)c3)CC2)CCC(C)(C)C1. The number of ether oxygens (including phenoxy) is 1. The van der Waals surface area contributed by atoms with E-state index in [9.17, 15) is 9.90 Å². The van der Waals surface area contributed by atoms with E-state index in [1.165, 1.54) is 19.3 Å². The highest BCUT2D eigenvalue weighted by Crippen LogP contribution is 2.39. The molecule has 2 N–H and O–H groups in total. The first-order valence-corrected chi connectivity index (χ1v) is 12.4. The van der Waals surface area contributed by atoms with Crippen molar-refractivity contribution in [3.8, 4) is 11.5 Å². The lowest BCUT2D eigenvalue weighted by molar-refractivity contribution is 0.0694. The summed E-state index contributed by atoms with van der Waals surface area (Å²) in [5.74, 6) is -0.160. The van der Waals surface area contributed by atoms with Crippen molar-refractivity contribution in [3.63, 3.8) is 0 Å². The molecule has 184 valence electrons. The number of anilines is 1. The van der Waals surface area contributed by atoms with Crippen molar-refractivity contribution in [2.75, 3.05) is 37.6 Å². The smallest absolute Gasteiger partial charge is 0.339 e. The summed E-state index contributed by atoms with van der Waals surface area (Å²) in [7, 11) is 0. The molecule has 1 aliphatic carbocycles. The second-order valence-corrected chi connectivity index (χ2v) is 10.7. The molecule has 3 heterocycles. The highest BCUT2D eigenvalue weighted by atomic mass is 16.5. The first-order valence-electron chi connectivity index (χ1n) is 12.4. The van der Waals surface area contributed by atoms with E-state index in [1.807, 2.05) is 30.5 Å². The molecule has 1 fully saturated rings. The van der Waals surface area contributed by atoms with Crippen molar-refractivity contribution in [3.05, 3.63) is 59.4 Å². The largest absolute Gasteiger partial charge is 0.478 e. The number of nitrogens with zero attached hydrogens (tertiary/aromatic N) is 3. The van der Waals surface area contributed by atoms with Crippen molar-refractivity contribution in [2.45, 2.75) is 40.0 Å². The number of allylic oxidation sites excluding steroid dienone is 1. The van der Waals surface area contributed by atoms with Gasteiger partial charge >= 0.3 is 5.97 Å². The van der Waals surface area contributed by atoms with E-state index in [-0.39, 0.29) is 5.56 Å². The molecule has 1 aliphatic heterocycles. The van der Waals surface area contributed by atoms with Crippen LogP contribution in [0.3, 0.4) is 0 Å². The molecule has 1 saturated heterocycles. The van der Waals surface area contributed by atoms with Crippen molar-refractivity contribution in [1.29, 1.82) is 0 Å². The Kier molecular flexibility index (Phi) is 6.28. The molecule has 0 bridgehead atoms. The van der Waals surface area contributed by atoms with Crippen LogP contribution in [-0.2, 0) is 0 Å². The predicted octanol–water partition coefficient (Wildman–Crippen LogP) is 5.70. The summed E-state index contributed by atoms with van der Waals surface area (Å²) in [6, 6.07) is 9.14. The molecule has 3 aromatic rings. The van der Waals surface area contributed by atoms with Crippen LogP contribution in [0.4, 0.5) is 5.69 Å². The summed E-state index contributed by atoms with van der Waals surface area (Å²) < 4.78 is 6.03. The van der Waals surface area contributed by atoms with Gasteiger partial charge in [0.2, 0.25) is 0 Å². The van der Waals surface area contributed by atoms with E-state index in [4.69, 9.17) is 4.74 Å². The van der Waals surface area contributed by atoms with Crippen LogP contribution >= 0.6 is 0 Å². The number of pyridine rings is 1. The summed E-state index contributed by atoms with van der Waals surface area (Å²) in [5.41, 5.74) is 5.51. The average molecular weight is 475 g/mol. The van der Waals surface area contributed by atoms with E-state index in [2.05, 4.69) is 40.5 Å². The number of hydrogen-bond acceptors (Lipinski definition) is 5. The number of benzene rings is 1. The van der Waals surface area contributed by atoms with Gasteiger partial charge in [-0.2, -0.15) is 0 Å². The molecule has 0 unspecified atom stereocenters. The third-order valence-corrected chi connectivity index (χ3v) is 7.40.